The number of carbonyl (C=O) groups excluding carboxylic acids is 1. The zero-order valence-corrected chi connectivity index (χ0v) is 11.3. The minimum absolute atomic E-state index is 0.205. The Morgan fingerprint density at radius 3 is 3.00 bits per heavy atom. The lowest BCUT2D eigenvalue weighted by molar-refractivity contribution is -0.141. The van der Waals surface area contributed by atoms with E-state index in [9.17, 15) is 9.59 Å². The molecule has 2 rings (SSSR count). The van der Waals surface area contributed by atoms with Crippen LogP contribution in [0, 0.1) is 5.92 Å². The van der Waals surface area contributed by atoms with Gasteiger partial charge in [-0.25, -0.2) is 9.78 Å². The molecular weight excluding hydrogens is 260 g/mol. The van der Waals surface area contributed by atoms with E-state index in [1.165, 1.54) is 6.33 Å². The van der Waals surface area contributed by atoms with Gasteiger partial charge in [0.1, 0.15) is 6.04 Å². The number of nitrogens with zero attached hydrogens (tertiary/aromatic N) is 1. The van der Waals surface area contributed by atoms with Crippen LogP contribution in [0.5, 0.6) is 0 Å². The molecule has 0 bridgehead atoms. The first-order valence-corrected chi connectivity index (χ1v) is 6.85. The highest BCUT2D eigenvalue weighted by atomic mass is 16.4. The maximum atomic E-state index is 11.8. The third-order valence-corrected chi connectivity index (χ3v) is 3.55. The fourth-order valence-corrected chi connectivity index (χ4v) is 2.38. The van der Waals surface area contributed by atoms with Gasteiger partial charge >= 0.3 is 5.97 Å². The number of aromatic amines is 1. The number of aliphatic carboxylic acids is 1. The minimum atomic E-state index is -1.03. The summed E-state index contributed by atoms with van der Waals surface area (Å²) in [5.74, 6) is -0.712. The van der Waals surface area contributed by atoms with Crippen molar-refractivity contribution in [1.29, 1.82) is 0 Å². The van der Waals surface area contributed by atoms with E-state index in [0.29, 0.717) is 18.0 Å². The van der Waals surface area contributed by atoms with Crippen molar-refractivity contribution in [2.24, 2.45) is 5.92 Å². The van der Waals surface area contributed by atoms with Crippen molar-refractivity contribution in [2.45, 2.75) is 31.7 Å². The number of hydrogen-bond donors (Lipinski definition) is 4. The molecule has 1 fully saturated rings. The first kappa shape index (κ1) is 14.5. The molecular formula is C13H20N4O3. The number of H-pyrrole nitrogens is 1. The van der Waals surface area contributed by atoms with Gasteiger partial charge in [-0.1, -0.05) is 0 Å². The van der Waals surface area contributed by atoms with Crippen LogP contribution in [0.2, 0.25) is 0 Å². The quantitative estimate of drug-likeness (QED) is 0.558. The number of amides is 1. The van der Waals surface area contributed by atoms with Gasteiger partial charge < -0.3 is 20.7 Å². The maximum Gasteiger partial charge on any atom is 0.326 e. The molecule has 4 N–H and O–H groups in total. The van der Waals surface area contributed by atoms with Crippen LogP contribution < -0.4 is 10.6 Å². The Morgan fingerprint density at radius 2 is 2.40 bits per heavy atom. The Bertz CT molecular complexity index is 440. The average Bonchev–Trinajstić information content (AvgIpc) is 3.08. The van der Waals surface area contributed by atoms with Gasteiger partial charge in [-0.05, 0) is 31.8 Å². The largest absolute Gasteiger partial charge is 0.480 e. The van der Waals surface area contributed by atoms with Crippen LogP contribution in [-0.4, -0.2) is 46.1 Å². The molecule has 1 aromatic heterocycles. The predicted molar refractivity (Wildman–Crippen MR) is 72.1 cm³/mol. The number of hydrogen-bond acceptors (Lipinski definition) is 4. The van der Waals surface area contributed by atoms with Gasteiger partial charge in [0.2, 0.25) is 5.91 Å². The molecule has 20 heavy (non-hydrogen) atoms. The second-order valence-corrected chi connectivity index (χ2v) is 5.14. The molecule has 0 spiro atoms. The van der Waals surface area contributed by atoms with Gasteiger partial charge in [0.25, 0.3) is 0 Å². The van der Waals surface area contributed by atoms with Crippen molar-refractivity contribution < 1.29 is 14.7 Å². The lowest BCUT2D eigenvalue weighted by atomic mass is 10.0. The second kappa shape index (κ2) is 7.04. The van der Waals surface area contributed by atoms with Gasteiger partial charge in [0.15, 0.2) is 0 Å². The summed E-state index contributed by atoms with van der Waals surface area (Å²) in [6, 6.07) is -0.912. The van der Waals surface area contributed by atoms with Crippen LogP contribution in [-0.2, 0) is 16.0 Å². The molecule has 1 aromatic rings. The summed E-state index contributed by atoms with van der Waals surface area (Å²) in [6.07, 6.45) is 5.53. The lowest BCUT2D eigenvalue weighted by Crippen LogP contribution is -2.42. The molecule has 1 amide bonds. The molecule has 1 aliphatic heterocycles. The summed E-state index contributed by atoms with van der Waals surface area (Å²) in [6.45, 7) is 1.95. The molecule has 110 valence electrons. The summed E-state index contributed by atoms with van der Waals surface area (Å²) >= 11 is 0. The van der Waals surface area contributed by atoms with Crippen LogP contribution >= 0.6 is 0 Å². The van der Waals surface area contributed by atoms with Gasteiger partial charge in [0, 0.05) is 24.7 Å². The zero-order chi connectivity index (χ0) is 14.4. The van der Waals surface area contributed by atoms with Crippen molar-refractivity contribution >= 4 is 11.9 Å². The van der Waals surface area contributed by atoms with Gasteiger partial charge in [-0.2, -0.15) is 0 Å². The minimum Gasteiger partial charge on any atom is -0.480 e. The monoisotopic (exact) mass is 280 g/mol. The summed E-state index contributed by atoms with van der Waals surface area (Å²) in [7, 11) is 0. The van der Waals surface area contributed by atoms with E-state index < -0.39 is 12.0 Å². The smallest absolute Gasteiger partial charge is 0.326 e. The van der Waals surface area contributed by atoms with Gasteiger partial charge in [-0.15, -0.1) is 0 Å². The van der Waals surface area contributed by atoms with Crippen LogP contribution in [0.4, 0.5) is 0 Å². The molecule has 0 saturated carbocycles. The summed E-state index contributed by atoms with van der Waals surface area (Å²) in [4.78, 5) is 29.7. The fraction of sp³-hybridized carbons (Fsp3) is 0.615. The highest BCUT2D eigenvalue weighted by Gasteiger charge is 2.22. The molecule has 1 saturated heterocycles. The molecule has 1 aliphatic rings. The van der Waals surface area contributed by atoms with E-state index in [1.807, 2.05) is 0 Å². The summed E-state index contributed by atoms with van der Waals surface area (Å²) < 4.78 is 0. The summed E-state index contributed by atoms with van der Waals surface area (Å²) in [5, 5.41) is 15.0. The standard InChI is InChI=1S/C13H20N4O3/c18-12(2-1-9-3-4-14-6-9)17-11(13(19)20)5-10-7-15-8-16-10/h7-9,11,14H,1-6H2,(H,15,16)(H,17,18)(H,19,20)/t9?,11-/m1/s1. The van der Waals surface area contributed by atoms with Crippen LogP contribution in [0.15, 0.2) is 12.5 Å². The number of aromatic nitrogens is 2. The second-order valence-electron chi connectivity index (χ2n) is 5.14. The first-order chi connectivity index (χ1) is 9.65. The van der Waals surface area contributed by atoms with E-state index in [2.05, 4.69) is 20.6 Å². The molecule has 0 aromatic carbocycles. The SMILES string of the molecule is O=C(CCC1CCNC1)N[C@H](Cc1cnc[nH]1)C(=O)O. The van der Waals surface area contributed by atoms with Crippen LogP contribution in [0.3, 0.4) is 0 Å². The Kier molecular flexibility index (Phi) is 5.11. The van der Waals surface area contributed by atoms with E-state index >= 15 is 0 Å². The number of carboxylic acids is 1. The molecule has 7 heteroatoms. The topological polar surface area (TPSA) is 107 Å². The van der Waals surface area contributed by atoms with Gasteiger partial charge in [0.05, 0.1) is 6.33 Å². The first-order valence-electron chi connectivity index (χ1n) is 6.85. The lowest BCUT2D eigenvalue weighted by Gasteiger charge is -2.14. The van der Waals surface area contributed by atoms with Crippen molar-refractivity contribution in [2.75, 3.05) is 13.1 Å². The molecule has 0 aliphatic carbocycles. The number of nitrogens with one attached hydrogen (secondary N) is 3. The Morgan fingerprint density at radius 1 is 1.55 bits per heavy atom. The molecule has 0 radical (unpaired) electrons. The van der Waals surface area contributed by atoms with Crippen molar-refractivity contribution in [3.63, 3.8) is 0 Å². The number of carbonyl (C=O) groups is 2. The number of carboxylic acid groups (broad SMARTS) is 1. The number of imidazole rings is 1. The van der Waals surface area contributed by atoms with Gasteiger partial charge in [-0.3, -0.25) is 4.79 Å². The molecule has 2 atom stereocenters. The van der Waals surface area contributed by atoms with Crippen molar-refractivity contribution in [1.82, 2.24) is 20.6 Å². The third-order valence-electron chi connectivity index (χ3n) is 3.55. The Labute approximate surface area is 117 Å². The van der Waals surface area contributed by atoms with E-state index in [4.69, 9.17) is 5.11 Å². The van der Waals surface area contributed by atoms with Crippen LogP contribution in [0.1, 0.15) is 25.0 Å². The van der Waals surface area contributed by atoms with Crippen molar-refractivity contribution in [3.05, 3.63) is 18.2 Å². The third kappa shape index (κ3) is 4.34. The molecule has 1 unspecified atom stereocenters. The summed E-state index contributed by atoms with van der Waals surface area (Å²) in [5.41, 5.74) is 0.692. The normalized spacial score (nSPS) is 19.7. The fourth-order valence-electron chi connectivity index (χ4n) is 2.38. The van der Waals surface area contributed by atoms with E-state index in [-0.39, 0.29) is 12.3 Å². The Balaban J connectivity index is 1.78. The van der Waals surface area contributed by atoms with E-state index in [1.54, 1.807) is 6.20 Å². The highest BCUT2D eigenvalue weighted by Crippen LogP contribution is 2.14. The molecule has 2 heterocycles. The predicted octanol–water partition coefficient (Wildman–Crippen LogP) is -0.0887. The zero-order valence-electron chi connectivity index (χ0n) is 11.3. The Hall–Kier alpha value is -1.89. The maximum absolute atomic E-state index is 11.8. The average molecular weight is 280 g/mol. The molecule has 7 nitrogen and oxygen atoms in total. The number of rotatable bonds is 7. The highest BCUT2D eigenvalue weighted by molar-refractivity contribution is 5.83. The van der Waals surface area contributed by atoms with Crippen LogP contribution in [0.25, 0.3) is 0 Å². The van der Waals surface area contributed by atoms with Crippen molar-refractivity contribution in [3.8, 4) is 0 Å². The van der Waals surface area contributed by atoms with E-state index in [0.717, 1.165) is 25.9 Å².